The Hall–Kier alpha value is -0.640. The molecule has 1 heterocycles. The lowest BCUT2D eigenvalue weighted by Gasteiger charge is -2.42. The summed E-state index contributed by atoms with van der Waals surface area (Å²) in [5, 5.41) is 0. The zero-order valence-corrected chi connectivity index (χ0v) is 13.8. The maximum absolute atomic E-state index is 5.91. The van der Waals surface area contributed by atoms with E-state index in [1.54, 1.807) is 0 Å². The molecule has 1 aromatic carbocycles. The first-order valence-corrected chi connectivity index (χ1v) is 8.78. The first kappa shape index (κ1) is 14.0. The Balaban J connectivity index is 1.52. The van der Waals surface area contributed by atoms with Crippen molar-refractivity contribution < 1.29 is 9.47 Å². The van der Waals surface area contributed by atoms with Crippen LogP contribution in [0.25, 0.3) is 5.57 Å². The minimum absolute atomic E-state index is 0.232. The van der Waals surface area contributed by atoms with Crippen molar-refractivity contribution in [2.24, 2.45) is 11.8 Å². The summed E-state index contributed by atoms with van der Waals surface area (Å²) in [7, 11) is 0. The molecular formula is C18H21BrO2. The average molecular weight is 349 g/mol. The van der Waals surface area contributed by atoms with Gasteiger partial charge in [-0.15, -0.1) is 0 Å². The predicted octanol–water partition coefficient (Wildman–Crippen LogP) is 4.79. The minimum atomic E-state index is -0.232. The molecule has 1 saturated heterocycles. The molecule has 2 nitrogen and oxygen atoms in total. The van der Waals surface area contributed by atoms with E-state index < -0.39 is 0 Å². The van der Waals surface area contributed by atoms with Crippen LogP contribution in [0.1, 0.15) is 37.7 Å². The molecule has 21 heavy (non-hydrogen) atoms. The van der Waals surface area contributed by atoms with E-state index in [-0.39, 0.29) is 5.79 Å². The Labute approximate surface area is 134 Å². The van der Waals surface area contributed by atoms with Gasteiger partial charge < -0.3 is 9.47 Å². The molecule has 3 aliphatic rings. The molecule has 0 unspecified atom stereocenters. The molecule has 1 aromatic rings. The molecule has 2 aliphatic carbocycles. The molecule has 2 fully saturated rings. The number of halogens is 1. The zero-order valence-electron chi connectivity index (χ0n) is 12.2. The Kier molecular flexibility index (Phi) is 3.68. The van der Waals surface area contributed by atoms with Crippen molar-refractivity contribution in [2.75, 3.05) is 13.2 Å². The van der Waals surface area contributed by atoms with Crippen LogP contribution in [0.2, 0.25) is 0 Å². The van der Waals surface area contributed by atoms with Gasteiger partial charge in [0.15, 0.2) is 5.79 Å². The van der Waals surface area contributed by atoms with E-state index >= 15 is 0 Å². The molecule has 0 amide bonds. The fourth-order valence-corrected chi connectivity index (χ4v) is 4.42. The van der Waals surface area contributed by atoms with Crippen molar-refractivity contribution in [3.63, 3.8) is 0 Å². The normalized spacial score (nSPS) is 31.0. The lowest BCUT2D eigenvalue weighted by atomic mass is 9.69. The van der Waals surface area contributed by atoms with Gasteiger partial charge in [0, 0.05) is 17.3 Å². The second kappa shape index (κ2) is 5.53. The van der Waals surface area contributed by atoms with Gasteiger partial charge in [0.05, 0.1) is 13.2 Å². The van der Waals surface area contributed by atoms with Crippen molar-refractivity contribution in [3.8, 4) is 0 Å². The molecule has 3 heteroatoms. The highest BCUT2D eigenvalue weighted by atomic mass is 79.9. The van der Waals surface area contributed by atoms with Gasteiger partial charge in [-0.25, -0.2) is 0 Å². The largest absolute Gasteiger partial charge is 0.348 e. The van der Waals surface area contributed by atoms with Crippen LogP contribution in [0.5, 0.6) is 0 Å². The van der Waals surface area contributed by atoms with E-state index in [1.165, 1.54) is 30.4 Å². The molecule has 112 valence electrons. The molecule has 1 saturated carbocycles. The monoisotopic (exact) mass is 348 g/mol. The van der Waals surface area contributed by atoms with E-state index in [9.17, 15) is 0 Å². The molecule has 1 aliphatic heterocycles. The second-order valence-electron chi connectivity index (χ2n) is 6.51. The number of hydrogen-bond donors (Lipinski definition) is 0. The fraction of sp³-hybridized carbons (Fsp3) is 0.556. The highest BCUT2D eigenvalue weighted by Crippen LogP contribution is 2.47. The molecule has 0 radical (unpaired) electrons. The van der Waals surface area contributed by atoms with Gasteiger partial charge in [-0.2, -0.15) is 0 Å². The van der Waals surface area contributed by atoms with Crippen molar-refractivity contribution in [1.82, 2.24) is 0 Å². The van der Waals surface area contributed by atoms with Crippen LogP contribution in [0.4, 0.5) is 0 Å². The van der Waals surface area contributed by atoms with Crippen LogP contribution in [0.15, 0.2) is 34.8 Å². The standard InChI is InChI=1S/C18H21BrO2/c19-17-5-3-13(4-6-17)14-1-2-16-12-18(20-9-10-21-18)8-7-15(16)11-14/h3-6,11,15-16H,1-2,7-10,12H2/t15-,16+/m0/s1. The number of benzene rings is 1. The van der Waals surface area contributed by atoms with Gasteiger partial charge in [0.1, 0.15) is 0 Å². The van der Waals surface area contributed by atoms with Gasteiger partial charge in [-0.3, -0.25) is 0 Å². The summed E-state index contributed by atoms with van der Waals surface area (Å²) in [6, 6.07) is 8.73. The first-order valence-electron chi connectivity index (χ1n) is 7.99. The molecular weight excluding hydrogens is 328 g/mol. The van der Waals surface area contributed by atoms with Crippen molar-refractivity contribution in [1.29, 1.82) is 0 Å². The highest BCUT2D eigenvalue weighted by molar-refractivity contribution is 9.10. The number of rotatable bonds is 1. The average Bonchev–Trinajstić information content (AvgIpc) is 2.96. The molecule has 0 aromatic heterocycles. The van der Waals surface area contributed by atoms with E-state index in [0.29, 0.717) is 5.92 Å². The summed E-state index contributed by atoms with van der Waals surface area (Å²) in [5.41, 5.74) is 2.90. The highest BCUT2D eigenvalue weighted by Gasteiger charge is 2.45. The predicted molar refractivity (Wildman–Crippen MR) is 86.8 cm³/mol. The Morgan fingerprint density at radius 1 is 1.05 bits per heavy atom. The Morgan fingerprint density at radius 3 is 2.57 bits per heavy atom. The minimum Gasteiger partial charge on any atom is -0.348 e. The number of allylic oxidation sites excluding steroid dienone is 2. The van der Waals surface area contributed by atoms with Crippen molar-refractivity contribution in [3.05, 3.63) is 40.4 Å². The Morgan fingerprint density at radius 2 is 1.81 bits per heavy atom. The number of ether oxygens (including phenoxy) is 2. The summed E-state index contributed by atoms with van der Waals surface area (Å²) >= 11 is 3.51. The third-order valence-electron chi connectivity index (χ3n) is 5.27. The summed E-state index contributed by atoms with van der Waals surface area (Å²) in [4.78, 5) is 0. The quantitative estimate of drug-likeness (QED) is 0.726. The second-order valence-corrected chi connectivity index (χ2v) is 7.43. The molecule has 1 spiro atoms. The SMILES string of the molecule is Brc1ccc(C2=C[C@@H]3CCC4(C[C@H]3CC2)OCCO4)cc1. The van der Waals surface area contributed by atoms with Gasteiger partial charge in [-0.1, -0.05) is 34.1 Å². The first-order chi connectivity index (χ1) is 10.2. The number of hydrogen-bond acceptors (Lipinski definition) is 2. The lowest BCUT2D eigenvalue weighted by molar-refractivity contribution is -0.192. The van der Waals surface area contributed by atoms with Gasteiger partial charge in [0.25, 0.3) is 0 Å². The van der Waals surface area contributed by atoms with E-state index in [1.807, 2.05) is 0 Å². The lowest BCUT2D eigenvalue weighted by Crippen LogP contribution is -2.40. The molecule has 0 bridgehead atoms. The summed E-state index contributed by atoms with van der Waals surface area (Å²) in [6.07, 6.45) is 8.31. The van der Waals surface area contributed by atoms with Gasteiger partial charge in [-0.05, 0) is 54.4 Å². The van der Waals surface area contributed by atoms with Gasteiger partial charge in [0.2, 0.25) is 0 Å². The Bertz CT molecular complexity index is 543. The molecule has 2 atom stereocenters. The van der Waals surface area contributed by atoms with Crippen molar-refractivity contribution >= 4 is 21.5 Å². The number of fused-ring (bicyclic) bond motifs is 1. The maximum atomic E-state index is 5.91. The zero-order chi connectivity index (χ0) is 14.3. The molecule has 4 rings (SSSR count). The van der Waals surface area contributed by atoms with E-state index in [2.05, 4.69) is 46.3 Å². The third kappa shape index (κ3) is 2.71. The summed E-state index contributed by atoms with van der Waals surface area (Å²) < 4.78 is 13.0. The van der Waals surface area contributed by atoms with Crippen LogP contribution in [-0.4, -0.2) is 19.0 Å². The topological polar surface area (TPSA) is 18.5 Å². The summed E-state index contributed by atoms with van der Waals surface area (Å²) in [6.45, 7) is 1.55. The van der Waals surface area contributed by atoms with Gasteiger partial charge >= 0.3 is 0 Å². The van der Waals surface area contributed by atoms with E-state index in [4.69, 9.17) is 9.47 Å². The third-order valence-corrected chi connectivity index (χ3v) is 5.79. The van der Waals surface area contributed by atoms with Crippen LogP contribution in [0.3, 0.4) is 0 Å². The summed E-state index contributed by atoms with van der Waals surface area (Å²) in [5.74, 6) is 1.20. The smallest absolute Gasteiger partial charge is 0.168 e. The van der Waals surface area contributed by atoms with Crippen LogP contribution < -0.4 is 0 Å². The van der Waals surface area contributed by atoms with Crippen molar-refractivity contribution in [2.45, 2.75) is 37.9 Å². The van der Waals surface area contributed by atoms with Crippen LogP contribution in [0, 0.1) is 11.8 Å². The molecule has 0 N–H and O–H groups in total. The fourth-order valence-electron chi connectivity index (χ4n) is 4.16. The van der Waals surface area contributed by atoms with E-state index in [0.717, 1.165) is 36.4 Å². The van der Waals surface area contributed by atoms with Crippen LogP contribution in [-0.2, 0) is 9.47 Å². The van der Waals surface area contributed by atoms with Crippen LogP contribution >= 0.6 is 15.9 Å². The maximum Gasteiger partial charge on any atom is 0.168 e.